The number of ether oxygens (including phenoxy) is 1. The molecular formula is C13H18N2O5. The van der Waals surface area contributed by atoms with Crippen LogP contribution in [0.5, 0.6) is 0 Å². The van der Waals surface area contributed by atoms with E-state index < -0.39 is 5.97 Å². The highest BCUT2D eigenvalue weighted by molar-refractivity contribution is 5.92. The molecule has 0 spiro atoms. The fourth-order valence-electron chi connectivity index (χ4n) is 2.40. The average molecular weight is 282 g/mol. The van der Waals surface area contributed by atoms with Gasteiger partial charge in [-0.1, -0.05) is 11.6 Å². The number of rotatable bonds is 7. The summed E-state index contributed by atoms with van der Waals surface area (Å²) in [4.78, 5) is 22.8. The summed E-state index contributed by atoms with van der Waals surface area (Å²) in [5.41, 5.74) is -0.123. The maximum atomic E-state index is 11.9. The molecule has 110 valence electrons. The van der Waals surface area contributed by atoms with Crippen molar-refractivity contribution in [2.24, 2.45) is 5.41 Å². The molecule has 1 amide bonds. The molecule has 0 radical (unpaired) electrons. The number of hydrogen-bond acceptors (Lipinski definition) is 5. The number of amides is 1. The maximum Gasteiger partial charge on any atom is 0.303 e. The predicted octanol–water partition coefficient (Wildman–Crippen LogP) is 1.20. The summed E-state index contributed by atoms with van der Waals surface area (Å²) in [5.74, 6) is -0.711. The Morgan fingerprint density at radius 1 is 1.55 bits per heavy atom. The Kier molecular flexibility index (Phi) is 4.39. The Bertz CT molecular complexity index is 493. The number of carbonyl (C=O) groups is 2. The monoisotopic (exact) mass is 282 g/mol. The number of methoxy groups -OCH3 is 1. The molecular weight excluding hydrogens is 264 g/mol. The van der Waals surface area contributed by atoms with Gasteiger partial charge in [0.15, 0.2) is 11.5 Å². The van der Waals surface area contributed by atoms with Crippen LogP contribution in [0.1, 0.15) is 41.9 Å². The highest BCUT2D eigenvalue weighted by Gasteiger charge is 2.39. The summed E-state index contributed by atoms with van der Waals surface area (Å²) in [6.07, 6.45) is 2.74. The van der Waals surface area contributed by atoms with Crippen LogP contribution < -0.4 is 5.32 Å². The molecule has 7 heteroatoms. The molecule has 1 aromatic heterocycles. The van der Waals surface area contributed by atoms with Crippen molar-refractivity contribution in [1.82, 2.24) is 10.5 Å². The van der Waals surface area contributed by atoms with Gasteiger partial charge in [-0.2, -0.15) is 0 Å². The van der Waals surface area contributed by atoms with Gasteiger partial charge < -0.3 is 19.7 Å². The van der Waals surface area contributed by atoms with Crippen molar-refractivity contribution in [2.75, 3.05) is 13.7 Å². The third kappa shape index (κ3) is 3.36. The van der Waals surface area contributed by atoms with E-state index in [4.69, 9.17) is 14.4 Å². The Hall–Kier alpha value is -1.89. The average Bonchev–Trinajstić information content (AvgIpc) is 2.81. The van der Waals surface area contributed by atoms with E-state index in [1.165, 1.54) is 13.2 Å². The smallest absolute Gasteiger partial charge is 0.303 e. The first-order valence-corrected chi connectivity index (χ1v) is 6.49. The van der Waals surface area contributed by atoms with Gasteiger partial charge in [0.05, 0.1) is 6.42 Å². The largest absolute Gasteiger partial charge is 0.481 e. The lowest BCUT2D eigenvalue weighted by molar-refractivity contribution is -0.141. The maximum absolute atomic E-state index is 11.9. The fraction of sp³-hybridized carbons (Fsp3) is 0.615. The summed E-state index contributed by atoms with van der Waals surface area (Å²) in [6, 6.07) is 1.52. The molecule has 1 aromatic rings. The summed E-state index contributed by atoms with van der Waals surface area (Å²) in [5, 5.41) is 15.3. The molecule has 0 unspecified atom stereocenters. The minimum absolute atomic E-state index is 0.0843. The van der Waals surface area contributed by atoms with Gasteiger partial charge in [0.2, 0.25) is 0 Å². The van der Waals surface area contributed by atoms with Gasteiger partial charge in [0.25, 0.3) is 5.91 Å². The minimum Gasteiger partial charge on any atom is -0.481 e. The van der Waals surface area contributed by atoms with E-state index in [1.807, 2.05) is 0 Å². The van der Waals surface area contributed by atoms with Crippen LogP contribution in [0.2, 0.25) is 0 Å². The molecule has 1 fully saturated rings. The standard InChI is InChI=1S/C13H18N2O5/c1-19-7-9-5-10(15-20-9)12(18)14-8-13(3-2-4-13)6-11(16)17/h5H,2-4,6-8H2,1H3,(H,14,18)(H,16,17). The predicted molar refractivity (Wildman–Crippen MR) is 68.1 cm³/mol. The first kappa shape index (κ1) is 14.5. The first-order chi connectivity index (χ1) is 9.54. The Morgan fingerprint density at radius 3 is 2.85 bits per heavy atom. The second-order valence-corrected chi connectivity index (χ2v) is 5.22. The van der Waals surface area contributed by atoms with E-state index in [0.29, 0.717) is 12.3 Å². The summed E-state index contributed by atoms with van der Waals surface area (Å²) >= 11 is 0. The SMILES string of the molecule is COCc1cc(C(=O)NCC2(CC(=O)O)CCC2)no1. The lowest BCUT2D eigenvalue weighted by Crippen LogP contribution is -2.43. The van der Waals surface area contributed by atoms with Gasteiger partial charge >= 0.3 is 5.97 Å². The van der Waals surface area contributed by atoms with Gasteiger partial charge in [0, 0.05) is 19.7 Å². The van der Waals surface area contributed by atoms with Gasteiger partial charge in [0.1, 0.15) is 6.61 Å². The number of carboxylic acid groups (broad SMARTS) is 1. The van der Waals surface area contributed by atoms with Crippen molar-refractivity contribution in [3.05, 3.63) is 17.5 Å². The zero-order valence-electron chi connectivity index (χ0n) is 11.3. The number of hydrogen-bond donors (Lipinski definition) is 2. The first-order valence-electron chi connectivity index (χ1n) is 6.49. The number of carboxylic acids is 1. The van der Waals surface area contributed by atoms with E-state index in [-0.39, 0.29) is 30.0 Å². The molecule has 2 rings (SSSR count). The molecule has 0 aromatic carbocycles. The van der Waals surface area contributed by atoms with E-state index in [1.54, 1.807) is 0 Å². The Labute approximate surface area is 116 Å². The fourth-order valence-corrected chi connectivity index (χ4v) is 2.40. The molecule has 1 heterocycles. The zero-order chi connectivity index (χ0) is 14.6. The molecule has 0 saturated heterocycles. The van der Waals surface area contributed by atoms with Crippen molar-refractivity contribution in [3.8, 4) is 0 Å². The topological polar surface area (TPSA) is 102 Å². The van der Waals surface area contributed by atoms with Crippen LogP contribution in [0.15, 0.2) is 10.6 Å². The molecule has 20 heavy (non-hydrogen) atoms. The molecule has 1 saturated carbocycles. The number of aromatic nitrogens is 1. The molecule has 2 N–H and O–H groups in total. The lowest BCUT2D eigenvalue weighted by atomic mass is 9.66. The summed E-state index contributed by atoms with van der Waals surface area (Å²) in [7, 11) is 1.52. The second kappa shape index (κ2) is 6.04. The van der Waals surface area contributed by atoms with E-state index in [9.17, 15) is 9.59 Å². The van der Waals surface area contributed by atoms with Gasteiger partial charge in [-0.15, -0.1) is 0 Å². The Balaban J connectivity index is 1.89. The molecule has 0 aliphatic heterocycles. The zero-order valence-corrected chi connectivity index (χ0v) is 11.3. The summed E-state index contributed by atoms with van der Waals surface area (Å²) in [6.45, 7) is 0.605. The van der Waals surface area contributed by atoms with Crippen LogP contribution in [-0.4, -0.2) is 35.8 Å². The molecule has 7 nitrogen and oxygen atoms in total. The van der Waals surface area contributed by atoms with Crippen LogP contribution in [0.3, 0.4) is 0 Å². The number of aliphatic carboxylic acids is 1. The van der Waals surface area contributed by atoms with Gasteiger partial charge in [-0.25, -0.2) is 0 Å². The van der Waals surface area contributed by atoms with Crippen LogP contribution in [0.4, 0.5) is 0 Å². The van der Waals surface area contributed by atoms with E-state index in [2.05, 4.69) is 10.5 Å². The molecule has 0 bridgehead atoms. The molecule has 1 aliphatic rings. The molecule has 0 atom stereocenters. The number of carbonyl (C=O) groups excluding carboxylic acids is 1. The highest BCUT2D eigenvalue weighted by atomic mass is 16.5. The highest BCUT2D eigenvalue weighted by Crippen LogP contribution is 2.43. The van der Waals surface area contributed by atoms with Gasteiger partial charge in [-0.3, -0.25) is 9.59 Å². The normalized spacial score (nSPS) is 16.4. The quantitative estimate of drug-likeness (QED) is 0.779. The number of nitrogens with zero attached hydrogens (tertiary/aromatic N) is 1. The van der Waals surface area contributed by atoms with Crippen molar-refractivity contribution in [2.45, 2.75) is 32.3 Å². The Morgan fingerprint density at radius 2 is 2.30 bits per heavy atom. The van der Waals surface area contributed by atoms with Gasteiger partial charge in [-0.05, 0) is 18.3 Å². The van der Waals surface area contributed by atoms with Crippen LogP contribution in [0, 0.1) is 5.41 Å². The molecule has 1 aliphatic carbocycles. The van der Waals surface area contributed by atoms with Crippen molar-refractivity contribution >= 4 is 11.9 Å². The number of nitrogens with one attached hydrogen (secondary N) is 1. The third-order valence-corrected chi connectivity index (χ3v) is 3.64. The van der Waals surface area contributed by atoms with Crippen molar-refractivity contribution in [3.63, 3.8) is 0 Å². The third-order valence-electron chi connectivity index (χ3n) is 3.64. The van der Waals surface area contributed by atoms with E-state index in [0.717, 1.165) is 19.3 Å². The second-order valence-electron chi connectivity index (χ2n) is 5.22. The minimum atomic E-state index is -0.831. The van der Waals surface area contributed by atoms with Crippen molar-refractivity contribution < 1.29 is 24.0 Å². The van der Waals surface area contributed by atoms with Crippen LogP contribution in [-0.2, 0) is 16.1 Å². The van der Waals surface area contributed by atoms with Crippen LogP contribution >= 0.6 is 0 Å². The lowest BCUT2D eigenvalue weighted by Gasteiger charge is -2.40. The summed E-state index contributed by atoms with van der Waals surface area (Å²) < 4.78 is 9.81. The van der Waals surface area contributed by atoms with Crippen molar-refractivity contribution in [1.29, 1.82) is 0 Å². The van der Waals surface area contributed by atoms with E-state index >= 15 is 0 Å². The van der Waals surface area contributed by atoms with Crippen LogP contribution in [0.25, 0.3) is 0 Å².